The maximum Gasteiger partial charge on any atom is 0.336 e. The summed E-state index contributed by atoms with van der Waals surface area (Å²) in [4.78, 5) is 25.0. The van der Waals surface area contributed by atoms with Crippen molar-refractivity contribution in [1.29, 1.82) is 0 Å². The fraction of sp³-hybridized carbons (Fsp3) is 0.474. The zero-order chi connectivity index (χ0) is 17.9. The molecule has 130 valence electrons. The first-order valence-corrected chi connectivity index (χ1v) is 8.47. The zero-order valence-electron chi connectivity index (χ0n) is 15.2. The Morgan fingerprint density at radius 2 is 1.88 bits per heavy atom. The number of benzene rings is 1. The van der Waals surface area contributed by atoms with Crippen molar-refractivity contribution >= 4 is 16.9 Å². The molecule has 2 aromatic rings. The second kappa shape index (κ2) is 7.62. The topological polar surface area (TPSA) is 63.8 Å². The van der Waals surface area contributed by atoms with E-state index in [9.17, 15) is 9.59 Å². The molecule has 0 aliphatic rings. The van der Waals surface area contributed by atoms with E-state index in [1.54, 1.807) is 6.07 Å². The second-order valence-electron chi connectivity index (χ2n) is 6.70. The van der Waals surface area contributed by atoms with Crippen LogP contribution in [0, 0.1) is 13.8 Å². The molecule has 0 saturated carbocycles. The van der Waals surface area contributed by atoms with Crippen LogP contribution in [-0.4, -0.2) is 25.0 Å². The van der Waals surface area contributed by atoms with Gasteiger partial charge in [-0.3, -0.25) is 4.79 Å². The number of hydrogen-bond acceptors (Lipinski definition) is 3. The summed E-state index contributed by atoms with van der Waals surface area (Å²) in [6.07, 6.45) is 0. The number of amides is 1. The lowest BCUT2D eigenvalue weighted by Gasteiger charge is -2.19. The molecule has 0 saturated heterocycles. The fourth-order valence-corrected chi connectivity index (χ4v) is 2.81. The average molecular weight is 331 g/mol. The largest absolute Gasteiger partial charge is 0.423 e. The molecule has 0 fully saturated rings. The van der Waals surface area contributed by atoms with Crippen molar-refractivity contribution in [2.45, 2.75) is 47.2 Å². The number of carbonyl (C=O) groups is 1. The smallest absolute Gasteiger partial charge is 0.336 e. The number of likely N-dealkylation sites (N-methyl/N-ethyl adjacent to an activating group) is 1. The summed E-state index contributed by atoms with van der Waals surface area (Å²) in [5.41, 5.74) is 3.45. The Morgan fingerprint density at radius 3 is 2.50 bits per heavy atom. The molecular formula is C19H27N2O3+. The van der Waals surface area contributed by atoms with E-state index in [0.717, 1.165) is 33.5 Å². The van der Waals surface area contributed by atoms with Crippen LogP contribution in [0.15, 0.2) is 27.4 Å². The zero-order valence-corrected chi connectivity index (χ0v) is 15.2. The summed E-state index contributed by atoms with van der Waals surface area (Å²) >= 11 is 0. The molecule has 5 heteroatoms. The number of aryl methyl sites for hydroxylation is 2. The van der Waals surface area contributed by atoms with Gasteiger partial charge in [-0.05, 0) is 57.9 Å². The first-order valence-electron chi connectivity index (χ1n) is 8.47. The van der Waals surface area contributed by atoms with Crippen molar-refractivity contribution in [3.05, 3.63) is 45.3 Å². The van der Waals surface area contributed by atoms with Crippen LogP contribution in [0.5, 0.6) is 0 Å². The first kappa shape index (κ1) is 18.2. The van der Waals surface area contributed by atoms with Gasteiger partial charge in [-0.25, -0.2) is 4.79 Å². The summed E-state index contributed by atoms with van der Waals surface area (Å²) < 4.78 is 5.34. The Balaban J connectivity index is 2.31. The van der Waals surface area contributed by atoms with Crippen molar-refractivity contribution in [3.63, 3.8) is 0 Å². The van der Waals surface area contributed by atoms with Crippen LogP contribution < -0.4 is 15.8 Å². The molecule has 1 heterocycles. The molecule has 1 aromatic carbocycles. The highest BCUT2D eigenvalue weighted by molar-refractivity contribution is 5.81. The maximum atomic E-state index is 12.0. The summed E-state index contributed by atoms with van der Waals surface area (Å²) in [6, 6.07) is 5.65. The number of rotatable bonds is 6. The Bertz CT molecular complexity index is 793. The highest BCUT2D eigenvalue weighted by Crippen LogP contribution is 2.21. The van der Waals surface area contributed by atoms with Gasteiger partial charge in [0, 0.05) is 23.1 Å². The number of quaternary nitrogens is 1. The minimum absolute atomic E-state index is 0.0288. The van der Waals surface area contributed by atoms with Gasteiger partial charge in [-0.15, -0.1) is 0 Å². The van der Waals surface area contributed by atoms with E-state index in [4.69, 9.17) is 4.42 Å². The minimum Gasteiger partial charge on any atom is -0.423 e. The molecule has 0 radical (unpaired) electrons. The van der Waals surface area contributed by atoms with Crippen molar-refractivity contribution < 1.29 is 14.1 Å². The Morgan fingerprint density at radius 1 is 1.21 bits per heavy atom. The van der Waals surface area contributed by atoms with E-state index in [1.165, 1.54) is 0 Å². The van der Waals surface area contributed by atoms with E-state index < -0.39 is 0 Å². The molecule has 0 spiro atoms. The highest BCUT2D eigenvalue weighted by Gasteiger charge is 2.17. The lowest BCUT2D eigenvalue weighted by Crippen LogP contribution is -3.11. The van der Waals surface area contributed by atoms with E-state index in [0.29, 0.717) is 18.7 Å². The quantitative estimate of drug-likeness (QED) is 0.785. The van der Waals surface area contributed by atoms with Gasteiger partial charge in [-0.2, -0.15) is 0 Å². The SMILES string of the molecule is CC[NH+](CC(=O)NC(C)C)Cc1cc(=O)oc2cc(C)c(C)cc12. The number of fused-ring (bicyclic) bond motifs is 1. The van der Waals surface area contributed by atoms with Gasteiger partial charge in [0.25, 0.3) is 5.91 Å². The van der Waals surface area contributed by atoms with Crippen LogP contribution in [-0.2, 0) is 11.3 Å². The molecule has 2 N–H and O–H groups in total. The van der Waals surface area contributed by atoms with Crippen LogP contribution >= 0.6 is 0 Å². The molecule has 1 atom stereocenters. The third-order valence-electron chi connectivity index (χ3n) is 4.25. The predicted molar refractivity (Wildman–Crippen MR) is 95.3 cm³/mol. The van der Waals surface area contributed by atoms with E-state index in [1.807, 2.05) is 40.7 Å². The van der Waals surface area contributed by atoms with Crippen LogP contribution in [0.4, 0.5) is 0 Å². The Hall–Kier alpha value is -2.14. The second-order valence-corrected chi connectivity index (χ2v) is 6.70. The lowest BCUT2D eigenvalue weighted by molar-refractivity contribution is -0.904. The monoisotopic (exact) mass is 331 g/mol. The summed E-state index contributed by atoms with van der Waals surface area (Å²) in [7, 11) is 0. The number of hydrogen-bond donors (Lipinski definition) is 2. The lowest BCUT2D eigenvalue weighted by atomic mass is 10.0. The van der Waals surface area contributed by atoms with Crippen molar-refractivity contribution in [1.82, 2.24) is 5.32 Å². The highest BCUT2D eigenvalue weighted by atomic mass is 16.4. The molecule has 2 rings (SSSR count). The van der Waals surface area contributed by atoms with Crippen LogP contribution in [0.3, 0.4) is 0 Å². The molecule has 0 aliphatic carbocycles. The first-order chi connectivity index (χ1) is 11.3. The van der Waals surface area contributed by atoms with Crippen LogP contribution in [0.2, 0.25) is 0 Å². The molecule has 24 heavy (non-hydrogen) atoms. The average Bonchev–Trinajstić information content (AvgIpc) is 2.47. The Labute approximate surface area is 142 Å². The summed E-state index contributed by atoms with van der Waals surface area (Å²) in [5, 5.41) is 3.87. The van der Waals surface area contributed by atoms with Crippen molar-refractivity contribution in [2.75, 3.05) is 13.1 Å². The molecule has 0 bridgehead atoms. The molecule has 1 aromatic heterocycles. The van der Waals surface area contributed by atoms with E-state index in [-0.39, 0.29) is 17.6 Å². The molecule has 0 aliphatic heterocycles. The fourth-order valence-electron chi connectivity index (χ4n) is 2.81. The number of carbonyl (C=O) groups excluding carboxylic acids is 1. The number of nitrogens with one attached hydrogen (secondary N) is 2. The van der Waals surface area contributed by atoms with E-state index in [2.05, 4.69) is 11.4 Å². The molecular weight excluding hydrogens is 304 g/mol. The maximum absolute atomic E-state index is 12.0. The summed E-state index contributed by atoms with van der Waals surface area (Å²) in [6.45, 7) is 11.8. The third-order valence-corrected chi connectivity index (χ3v) is 4.25. The van der Waals surface area contributed by atoms with Crippen molar-refractivity contribution in [2.24, 2.45) is 0 Å². The third kappa shape index (κ3) is 4.45. The standard InChI is InChI=1S/C19H26N2O3/c1-6-21(11-18(22)20-12(2)3)10-15-9-19(23)24-17-8-14(5)13(4)7-16(15)17/h7-9,12H,6,10-11H2,1-5H3,(H,20,22)/p+1. The summed E-state index contributed by atoms with van der Waals surface area (Å²) in [5.74, 6) is 0.0288. The Kier molecular flexibility index (Phi) is 5.78. The van der Waals surface area contributed by atoms with Crippen LogP contribution in [0.1, 0.15) is 37.5 Å². The molecule has 5 nitrogen and oxygen atoms in total. The minimum atomic E-state index is -0.345. The van der Waals surface area contributed by atoms with Gasteiger partial charge in [-0.1, -0.05) is 0 Å². The van der Waals surface area contributed by atoms with Gasteiger partial charge in [0.05, 0.1) is 6.54 Å². The van der Waals surface area contributed by atoms with Gasteiger partial charge >= 0.3 is 5.63 Å². The van der Waals surface area contributed by atoms with Gasteiger partial charge < -0.3 is 14.6 Å². The van der Waals surface area contributed by atoms with E-state index >= 15 is 0 Å². The van der Waals surface area contributed by atoms with Crippen molar-refractivity contribution in [3.8, 4) is 0 Å². The molecule has 1 amide bonds. The van der Waals surface area contributed by atoms with Crippen LogP contribution in [0.25, 0.3) is 11.0 Å². The normalized spacial score (nSPS) is 12.6. The van der Waals surface area contributed by atoms with Gasteiger partial charge in [0.15, 0.2) is 6.54 Å². The van der Waals surface area contributed by atoms with Gasteiger partial charge in [0.2, 0.25) is 0 Å². The molecule has 1 unspecified atom stereocenters. The van der Waals surface area contributed by atoms with Gasteiger partial charge in [0.1, 0.15) is 12.1 Å². The predicted octanol–water partition coefficient (Wildman–Crippen LogP) is 1.34.